The van der Waals surface area contributed by atoms with Gasteiger partial charge in [-0.2, -0.15) is 0 Å². The lowest BCUT2D eigenvalue weighted by atomic mass is 10.3. The fourth-order valence-electron chi connectivity index (χ4n) is 1.49. The van der Waals surface area contributed by atoms with Crippen LogP contribution in [0.5, 0.6) is 17.2 Å². The van der Waals surface area contributed by atoms with E-state index in [4.69, 9.17) is 29.2 Å². The molecule has 20 heavy (non-hydrogen) atoms. The molecule has 6 heteroatoms. The number of aliphatic hydroxyl groups is 2. The molecule has 0 radical (unpaired) electrons. The average Bonchev–Trinajstić information content (AvgIpc) is 2.47. The van der Waals surface area contributed by atoms with Gasteiger partial charge in [-0.15, -0.1) is 0 Å². The number of rotatable bonds is 11. The molecule has 0 aliphatic rings. The molecule has 0 atom stereocenters. The third-order valence-corrected chi connectivity index (χ3v) is 2.27. The van der Waals surface area contributed by atoms with Gasteiger partial charge in [-0.25, -0.2) is 0 Å². The molecule has 0 bridgehead atoms. The van der Waals surface area contributed by atoms with Crippen molar-refractivity contribution in [2.24, 2.45) is 0 Å². The van der Waals surface area contributed by atoms with Crippen LogP contribution in [0.4, 0.5) is 0 Å². The van der Waals surface area contributed by atoms with E-state index in [2.05, 4.69) is 0 Å². The van der Waals surface area contributed by atoms with E-state index in [1.54, 1.807) is 18.2 Å². The van der Waals surface area contributed by atoms with Crippen LogP contribution in [-0.2, 0) is 4.74 Å². The Morgan fingerprint density at radius 2 is 1.20 bits per heavy atom. The van der Waals surface area contributed by atoms with E-state index in [0.29, 0.717) is 37.1 Å². The zero-order valence-corrected chi connectivity index (χ0v) is 11.7. The summed E-state index contributed by atoms with van der Waals surface area (Å²) in [6, 6.07) is 5.11. The highest BCUT2D eigenvalue weighted by Gasteiger charge is 2.04. The first-order valence-corrected chi connectivity index (χ1v) is 6.63. The summed E-state index contributed by atoms with van der Waals surface area (Å²) in [5.41, 5.74) is 0. The first kappa shape index (κ1) is 16.6. The predicted octanol–water partition coefficient (Wildman–Crippen LogP) is 0.844. The molecule has 114 valence electrons. The molecule has 0 aromatic heterocycles. The highest BCUT2D eigenvalue weighted by molar-refractivity contribution is 5.42. The molecule has 1 aromatic carbocycles. The molecule has 0 unspecified atom stereocenters. The lowest BCUT2D eigenvalue weighted by molar-refractivity contribution is 0.110. The SMILES string of the molecule is CCOCCOc1cc(OCCO)cc(OCCO)c1. The van der Waals surface area contributed by atoms with Crippen LogP contribution in [0.2, 0.25) is 0 Å². The predicted molar refractivity (Wildman–Crippen MR) is 73.6 cm³/mol. The van der Waals surface area contributed by atoms with Gasteiger partial charge in [0, 0.05) is 24.8 Å². The molecule has 0 heterocycles. The van der Waals surface area contributed by atoms with Gasteiger partial charge in [0.2, 0.25) is 0 Å². The summed E-state index contributed by atoms with van der Waals surface area (Å²) in [5, 5.41) is 17.5. The fourth-order valence-corrected chi connectivity index (χ4v) is 1.49. The molecule has 0 amide bonds. The Balaban J connectivity index is 2.64. The van der Waals surface area contributed by atoms with Gasteiger partial charge in [0.05, 0.1) is 19.8 Å². The lowest BCUT2D eigenvalue weighted by Crippen LogP contribution is -2.08. The quantitative estimate of drug-likeness (QED) is 0.587. The molecule has 1 rings (SSSR count). The molecule has 0 fully saturated rings. The zero-order chi connectivity index (χ0) is 14.6. The first-order chi connectivity index (χ1) is 9.80. The molecule has 0 aliphatic heterocycles. The lowest BCUT2D eigenvalue weighted by Gasteiger charge is -2.12. The van der Waals surface area contributed by atoms with Crippen LogP contribution in [0, 0.1) is 0 Å². The van der Waals surface area contributed by atoms with Crippen molar-refractivity contribution in [2.45, 2.75) is 6.92 Å². The maximum atomic E-state index is 8.77. The molecule has 0 saturated carbocycles. The van der Waals surface area contributed by atoms with E-state index in [1.807, 2.05) is 6.92 Å². The van der Waals surface area contributed by atoms with Crippen LogP contribution in [0.15, 0.2) is 18.2 Å². The Morgan fingerprint density at radius 3 is 1.60 bits per heavy atom. The summed E-state index contributed by atoms with van der Waals surface area (Å²) in [4.78, 5) is 0. The molecule has 0 saturated heterocycles. The maximum Gasteiger partial charge on any atom is 0.126 e. The first-order valence-electron chi connectivity index (χ1n) is 6.63. The molecule has 6 nitrogen and oxygen atoms in total. The molecular formula is C14H22O6. The molecule has 0 aliphatic carbocycles. The van der Waals surface area contributed by atoms with Crippen LogP contribution in [0.1, 0.15) is 6.92 Å². The van der Waals surface area contributed by atoms with E-state index in [-0.39, 0.29) is 26.4 Å². The van der Waals surface area contributed by atoms with Crippen molar-refractivity contribution >= 4 is 0 Å². The fraction of sp³-hybridized carbons (Fsp3) is 0.571. The molecule has 0 spiro atoms. The van der Waals surface area contributed by atoms with Gasteiger partial charge in [0.1, 0.15) is 37.1 Å². The van der Waals surface area contributed by atoms with Gasteiger partial charge >= 0.3 is 0 Å². The highest BCUT2D eigenvalue weighted by atomic mass is 16.5. The zero-order valence-electron chi connectivity index (χ0n) is 11.7. The second-order valence-electron chi connectivity index (χ2n) is 3.83. The van der Waals surface area contributed by atoms with Gasteiger partial charge in [-0.3, -0.25) is 0 Å². The second-order valence-corrected chi connectivity index (χ2v) is 3.83. The summed E-state index contributed by atoms with van der Waals surface area (Å²) in [6.07, 6.45) is 0. The second kappa shape index (κ2) is 10.3. The van der Waals surface area contributed by atoms with Gasteiger partial charge in [-0.1, -0.05) is 0 Å². The average molecular weight is 286 g/mol. The van der Waals surface area contributed by atoms with Crippen LogP contribution in [-0.4, -0.2) is 56.5 Å². The highest BCUT2D eigenvalue weighted by Crippen LogP contribution is 2.27. The minimum absolute atomic E-state index is 0.0672. The number of benzene rings is 1. The Morgan fingerprint density at radius 1 is 0.750 bits per heavy atom. The number of ether oxygens (including phenoxy) is 4. The van der Waals surface area contributed by atoms with Crippen LogP contribution < -0.4 is 14.2 Å². The van der Waals surface area contributed by atoms with Crippen molar-refractivity contribution < 1.29 is 29.2 Å². The minimum Gasteiger partial charge on any atom is -0.491 e. The van der Waals surface area contributed by atoms with E-state index in [9.17, 15) is 0 Å². The summed E-state index contributed by atoms with van der Waals surface area (Å²) in [7, 11) is 0. The third kappa shape index (κ3) is 6.60. The number of aliphatic hydroxyl groups excluding tert-OH is 2. The Kier molecular flexibility index (Phi) is 8.53. The topological polar surface area (TPSA) is 77.4 Å². The summed E-state index contributed by atoms with van der Waals surface area (Å²) < 4.78 is 21.4. The normalized spacial score (nSPS) is 10.3. The Labute approximate surface area is 118 Å². The van der Waals surface area contributed by atoms with Gasteiger partial charge in [0.25, 0.3) is 0 Å². The van der Waals surface area contributed by atoms with E-state index in [0.717, 1.165) is 0 Å². The van der Waals surface area contributed by atoms with Gasteiger partial charge < -0.3 is 29.2 Å². The standard InChI is InChI=1S/C14H22O6/c1-2-17-7-8-20-14-10-12(18-5-3-15)9-13(11-14)19-6-4-16/h9-11,15-16H,2-8H2,1H3. The number of hydrogen-bond donors (Lipinski definition) is 2. The van der Waals surface area contributed by atoms with Gasteiger partial charge in [-0.05, 0) is 6.92 Å². The summed E-state index contributed by atoms with van der Waals surface area (Å²) >= 11 is 0. The van der Waals surface area contributed by atoms with Crippen LogP contribution in [0.3, 0.4) is 0 Å². The van der Waals surface area contributed by atoms with Crippen molar-refractivity contribution in [3.63, 3.8) is 0 Å². The van der Waals surface area contributed by atoms with E-state index < -0.39 is 0 Å². The largest absolute Gasteiger partial charge is 0.491 e. The molecule has 1 aromatic rings. The Hall–Kier alpha value is -1.50. The van der Waals surface area contributed by atoms with Gasteiger partial charge in [0.15, 0.2) is 0 Å². The summed E-state index contributed by atoms with van der Waals surface area (Å²) in [6.45, 7) is 3.76. The van der Waals surface area contributed by atoms with Crippen molar-refractivity contribution in [1.29, 1.82) is 0 Å². The number of hydrogen-bond acceptors (Lipinski definition) is 6. The minimum atomic E-state index is -0.0672. The van der Waals surface area contributed by atoms with Crippen molar-refractivity contribution in [1.82, 2.24) is 0 Å². The van der Waals surface area contributed by atoms with Crippen LogP contribution in [0.25, 0.3) is 0 Å². The van der Waals surface area contributed by atoms with Crippen molar-refractivity contribution in [2.75, 3.05) is 46.2 Å². The monoisotopic (exact) mass is 286 g/mol. The van der Waals surface area contributed by atoms with E-state index in [1.165, 1.54) is 0 Å². The van der Waals surface area contributed by atoms with Crippen LogP contribution >= 0.6 is 0 Å². The van der Waals surface area contributed by atoms with E-state index >= 15 is 0 Å². The smallest absolute Gasteiger partial charge is 0.126 e. The Bertz CT molecular complexity index is 342. The van der Waals surface area contributed by atoms with Crippen molar-refractivity contribution in [3.05, 3.63) is 18.2 Å². The molecule has 2 N–H and O–H groups in total. The maximum absolute atomic E-state index is 8.77. The van der Waals surface area contributed by atoms with Crippen molar-refractivity contribution in [3.8, 4) is 17.2 Å². The molecular weight excluding hydrogens is 264 g/mol. The summed E-state index contributed by atoms with van der Waals surface area (Å²) in [5.74, 6) is 1.68. The third-order valence-electron chi connectivity index (χ3n) is 2.27.